The number of likely N-dealkylation sites (N-methyl/N-ethyl adjacent to an activating group) is 1. The molecule has 1 atom stereocenters. The Morgan fingerprint density at radius 2 is 2.17 bits per heavy atom. The molecular weight excluding hydrogens is 237 g/mol. The normalized spacial score (nSPS) is 19.6. The van der Waals surface area contributed by atoms with Gasteiger partial charge in [0.05, 0.1) is 11.0 Å². The van der Waals surface area contributed by atoms with Crippen LogP contribution in [0.15, 0.2) is 18.2 Å². The van der Waals surface area contributed by atoms with Gasteiger partial charge < -0.3 is 9.80 Å². The summed E-state index contributed by atoms with van der Waals surface area (Å²) in [5.41, 5.74) is 0.393. The van der Waals surface area contributed by atoms with Crippen LogP contribution in [0.4, 0.5) is 15.8 Å². The lowest BCUT2D eigenvalue weighted by Gasteiger charge is -2.21. The lowest BCUT2D eigenvalue weighted by molar-refractivity contribution is -0.385. The number of anilines is 1. The van der Waals surface area contributed by atoms with E-state index < -0.39 is 10.7 Å². The Hall–Kier alpha value is -1.69. The maximum Gasteiger partial charge on any atom is 0.274 e. The Bertz CT molecular complexity index is 465. The fourth-order valence-electron chi connectivity index (χ4n) is 2.24. The van der Waals surface area contributed by atoms with Crippen molar-refractivity contribution in [2.45, 2.75) is 12.5 Å². The molecule has 0 saturated carbocycles. The van der Waals surface area contributed by atoms with Crippen molar-refractivity contribution in [3.8, 4) is 0 Å². The van der Waals surface area contributed by atoms with E-state index in [9.17, 15) is 14.5 Å². The van der Waals surface area contributed by atoms with Crippen LogP contribution in [-0.2, 0) is 0 Å². The van der Waals surface area contributed by atoms with Gasteiger partial charge in [-0.1, -0.05) is 0 Å². The molecule has 1 aliphatic rings. The summed E-state index contributed by atoms with van der Waals surface area (Å²) in [7, 11) is 4.00. The van der Waals surface area contributed by atoms with E-state index in [1.807, 2.05) is 19.0 Å². The van der Waals surface area contributed by atoms with E-state index in [-0.39, 0.29) is 5.69 Å². The summed E-state index contributed by atoms with van der Waals surface area (Å²) in [4.78, 5) is 14.2. The van der Waals surface area contributed by atoms with Gasteiger partial charge in [0.25, 0.3) is 5.69 Å². The molecular formula is C12H16FN3O2. The lowest BCUT2D eigenvalue weighted by Crippen LogP contribution is -2.31. The minimum absolute atomic E-state index is 0.196. The minimum Gasteiger partial charge on any atom is -0.370 e. The van der Waals surface area contributed by atoms with E-state index >= 15 is 0 Å². The van der Waals surface area contributed by atoms with E-state index in [1.165, 1.54) is 12.1 Å². The summed E-state index contributed by atoms with van der Waals surface area (Å²) < 4.78 is 13.4. The highest BCUT2D eigenvalue weighted by Gasteiger charge is 2.25. The molecule has 1 unspecified atom stereocenters. The van der Waals surface area contributed by atoms with E-state index in [0.717, 1.165) is 25.6 Å². The topological polar surface area (TPSA) is 49.6 Å². The molecule has 5 nitrogen and oxygen atoms in total. The second-order valence-electron chi connectivity index (χ2n) is 4.78. The molecule has 1 fully saturated rings. The molecule has 0 amide bonds. The molecule has 0 bridgehead atoms. The van der Waals surface area contributed by atoms with Crippen molar-refractivity contribution in [1.29, 1.82) is 0 Å². The summed E-state index contributed by atoms with van der Waals surface area (Å²) in [5.74, 6) is -0.562. The molecule has 0 radical (unpaired) electrons. The quantitative estimate of drug-likeness (QED) is 0.609. The predicted octanol–water partition coefficient (Wildman–Crippen LogP) is 1.87. The SMILES string of the molecule is CN(C)C1CCN(c2cc(F)cc([N+](=O)[O-])c2)C1. The van der Waals surface area contributed by atoms with Crippen molar-refractivity contribution in [2.24, 2.45) is 0 Å². The van der Waals surface area contributed by atoms with Crippen LogP contribution >= 0.6 is 0 Å². The zero-order valence-corrected chi connectivity index (χ0v) is 10.5. The fraction of sp³-hybridized carbons (Fsp3) is 0.500. The van der Waals surface area contributed by atoms with Gasteiger partial charge in [0.15, 0.2) is 0 Å². The van der Waals surface area contributed by atoms with Crippen molar-refractivity contribution in [1.82, 2.24) is 4.90 Å². The number of nitrogens with zero attached hydrogens (tertiary/aromatic N) is 3. The average molecular weight is 253 g/mol. The van der Waals surface area contributed by atoms with Crippen LogP contribution in [0.1, 0.15) is 6.42 Å². The number of nitro groups is 1. The number of benzene rings is 1. The Morgan fingerprint density at radius 1 is 1.44 bits per heavy atom. The number of non-ortho nitro benzene ring substituents is 1. The van der Waals surface area contributed by atoms with Crippen LogP contribution in [0.2, 0.25) is 0 Å². The monoisotopic (exact) mass is 253 g/mol. The minimum atomic E-state index is -0.563. The molecule has 18 heavy (non-hydrogen) atoms. The van der Waals surface area contributed by atoms with Crippen LogP contribution in [0.5, 0.6) is 0 Å². The van der Waals surface area contributed by atoms with Crippen LogP contribution < -0.4 is 4.90 Å². The predicted molar refractivity (Wildman–Crippen MR) is 67.4 cm³/mol. The van der Waals surface area contributed by atoms with E-state index in [4.69, 9.17) is 0 Å². The van der Waals surface area contributed by atoms with E-state index in [2.05, 4.69) is 4.90 Å². The summed E-state index contributed by atoms with van der Waals surface area (Å²) in [6.45, 7) is 1.57. The second kappa shape index (κ2) is 4.89. The van der Waals surface area contributed by atoms with Gasteiger partial charge in [-0.3, -0.25) is 10.1 Å². The summed E-state index contributed by atoms with van der Waals surface area (Å²) in [6.07, 6.45) is 0.983. The molecule has 2 rings (SSSR count). The molecule has 0 aliphatic carbocycles. The summed E-state index contributed by atoms with van der Waals surface area (Å²) in [5, 5.41) is 10.7. The maximum atomic E-state index is 13.4. The number of rotatable bonds is 3. The van der Waals surface area contributed by atoms with Gasteiger partial charge in [0, 0.05) is 30.9 Å². The molecule has 1 saturated heterocycles. The molecule has 98 valence electrons. The highest BCUT2D eigenvalue weighted by atomic mass is 19.1. The van der Waals surface area contributed by atoms with E-state index in [0.29, 0.717) is 11.7 Å². The van der Waals surface area contributed by atoms with Gasteiger partial charge in [0.1, 0.15) is 5.82 Å². The smallest absolute Gasteiger partial charge is 0.274 e. The number of halogens is 1. The Balaban J connectivity index is 2.21. The van der Waals surface area contributed by atoms with Gasteiger partial charge >= 0.3 is 0 Å². The van der Waals surface area contributed by atoms with Gasteiger partial charge in [0.2, 0.25) is 0 Å². The second-order valence-corrected chi connectivity index (χ2v) is 4.78. The standard InChI is InChI=1S/C12H16FN3O2/c1-14(2)10-3-4-15(8-10)11-5-9(13)6-12(7-11)16(17)18/h5-7,10H,3-4,8H2,1-2H3. The van der Waals surface area contributed by atoms with Gasteiger partial charge in [-0.15, -0.1) is 0 Å². The largest absolute Gasteiger partial charge is 0.370 e. The van der Waals surface area contributed by atoms with Gasteiger partial charge in [-0.05, 0) is 26.6 Å². The first-order valence-corrected chi connectivity index (χ1v) is 5.83. The van der Waals surface area contributed by atoms with Crippen LogP contribution in [0.3, 0.4) is 0 Å². The van der Waals surface area contributed by atoms with Crippen molar-refractivity contribution in [3.63, 3.8) is 0 Å². The maximum absolute atomic E-state index is 13.4. The van der Waals surface area contributed by atoms with Crippen molar-refractivity contribution < 1.29 is 9.31 Å². The summed E-state index contributed by atoms with van der Waals surface area (Å²) >= 11 is 0. The molecule has 1 aromatic carbocycles. The first-order valence-electron chi connectivity index (χ1n) is 5.83. The fourth-order valence-corrected chi connectivity index (χ4v) is 2.24. The highest BCUT2D eigenvalue weighted by molar-refractivity contribution is 5.54. The van der Waals surface area contributed by atoms with E-state index in [1.54, 1.807) is 0 Å². The molecule has 0 aromatic heterocycles. The third-order valence-corrected chi connectivity index (χ3v) is 3.34. The number of hydrogen-bond acceptors (Lipinski definition) is 4. The van der Waals surface area contributed by atoms with Gasteiger partial charge in [-0.25, -0.2) is 4.39 Å². The van der Waals surface area contributed by atoms with Crippen LogP contribution in [0.25, 0.3) is 0 Å². The van der Waals surface area contributed by atoms with Crippen molar-refractivity contribution in [3.05, 3.63) is 34.1 Å². The molecule has 1 aromatic rings. The molecule has 6 heteroatoms. The van der Waals surface area contributed by atoms with Crippen LogP contribution in [-0.4, -0.2) is 43.0 Å². The Morgan fingerprint density at radius 3 is 2.72 bits per heavy atom. The van der Waals surface area contributed by atoms with Crippen molar-refractivity contribution in [2.75, 3.05) is 32.1 Å². The molecule has 1 aliphatic heterocycles. The highest BCUT2D eigenvalue weighted by Crippen LogP contribution is 2.27. The zero-order valence-electron chi connectivity index (χ0n) is 10.5. The molecule has 0 N–H and O–H groups in total. The van der Waals surface area contributed by atoms with Gasteiger partial charge in [-0.2, -0.15) is 0 Å². The Labute approximate surface area is 105 Å². The third-order valence-electron chi connectivity index (χ3n) is 3.34. The Kier molecular flexibility index (Phi) is 3.47. The summed E-state index contributed by atoms with van der Waals surface area (Å²) in [6, 6.07) is 4.14. The first kappa shape index (κ1) is 12.8. The lowest BCUT2D eigenvalue weighted by atomic mass is 10.2. The molecule has 1 heterocycles. The van der Waals surface area contributed by atoms with Crippen molar-refractivity contribution >= 4 is 11.4 Å². The molecule has 0 spiro atoms. The zero-order chi connectivity index (χ0) is 13.3. The number of nitro benzene ring substituents is 1. The third kappa shape index (κ3) is 2.59. The number of hydrogen-bond donors (Lipinski definition) is 0. The first-order chi connectivity index (χ1) is 8.47. The van der Waals surface area contributed by atoms with Crippen LogP contribution in [0, 0.1) is 15.9 Å². The average Bonchev–Trinajstić information content (AvgIpc) is 2.77.